The second-order valence-corrected chi connectivity index (χ2v) is 11.8. The maximum absolute atomic E-state index is 13.7. The van der Waals surface area contributed by atoms with Gasteiger partial charge in [0.25, 0.3) is 0 Å². The molecule has 3 rings (SSSR count). The molecule has 3 aromatic carbocycles. The van der Waals surface area contributed by atoms with Gasteiger partial charge in [-0.05, 0) is 68.3 Å². The summed E-state index contributed by atoms with van der Waals surface area (Å²) in [7, 11) is 0. The van der Waals surface area contributed by atoms with E-state index in [0.717, 1.165) is 16.0 Å². The lowest BCUT2D eigenvalue weighted by Crippen LogP contribution is -2.54. The molecule has 0 heterocycles. The average molecular weight is 564 g/mol. The molecule has 0 spiro atoms. The van der Waals surface area contributed by atoms with Gasteiger partial charge in [-0.15, -0.1) is 11.8 Å². The monoisotopic (exact) mass is 562 g/mol. The zero-order valence-electron chi connectivity index (χ0n) is 20.4. The fourth-order valence-corrected chi connectivity index (χ4v) is 4.83. The van der Waals surface area contributed by atoms with Gasteiger partial charge < -0.3 is 10.2 Å². The van der Waals surface area contributed by atoms with Gasteiger partial charge in [-0.3, -0.25) is 9.59 Å². The summed E-state index contributed by atoms with van der Waals surface area (Å²) in [5, 5.41) is 4.52. The van der Waals surface area contributed by atoms with Crippen LogP contribution in [0.4, 0.5) is 0 Å². The van der Waals surface area contributed by atoms with Crippen LogP contribution in [0.25, 0.3) is 0 Å². The Labute approximate surface area is 232 Å². The van der Waals surface area contributed by atoms with Gasteiger partial charge in [0.15, 0.2) is 0 Å². The number of carbonyl (C=O) groups excluding carboxylic acids is 2. The van der Waals surface area contributed by atoms with Crippen LogP contribution < -0.4 is 5.32 Å². The van der Waals surface area contributed by atoms with Crippen molar-refractivity contribution in [2.24, 2.45) is 0 Å². The number of thioether (sulfide) groups is 1. The molecule has 4 nitrogen and oxygen atoms in total. The van der Waals surface area contributed by atoms with Crippen molar-refractivity contribution in [2.45, 2.75) is 50.2 Å². The minimum atomic E-state index is -0.723. The number of nitrogens with zero attached hydrogens (tertiary/aromatic N) is 1. The molecule has 0 unspecified atom stereocenters. The van der Waals surface area contributed by atoms with Crippen molar-refractivity contribution in [1.29, 1.82) is 0 Å². The van der Waals surface area contributed by atoms with Gasteiger partial charge in [0.05, 0.1) is 15.8 Å². The SMILES string of the molecule is CC(C)(C)NC(=O)[C@@H](Cc1ccccc1)N(Cc1ccc(Cl)c(Cl)c1)C(=O)CSc1ccc(Cl)cc1. The zero-order chi connectivity index (χ0) is 26.3. The molecule has 1 atom stereocenters. The van der Waals surface area contributed by atoms with Crippen molar-refractivity contribution < 1.29 is 9.59 Å². The third kappa shape index (κ3) is 8.74. The number of amides is 2. The normalized spacial score (nSPS) is 12.2. The number of hydrogen-bond donors (Lipinski definition) is 1. The molecule has 190 valence electrons. The van der Waals surface area contributed by atoms with E-state index in [1.165, 1.54) is 11.8 Å². The first-order valence-corrected chi connectivity index (χ1v) is 13.6. The van der Waals surface area contributed by atoms with E-state index < -0.39 is 11.6 Å². The number of hydrogen-bond acceptors (Lipinski definition) is 3. The summed E-state index contributed by atoms with van der Waals surface area (Å²) < 4.78 is 0. The molecule has 0 fully saturated rings. The van der Waals surface area contributed by atoms with Crippen LogP contribution in [0.1, 0.15) is 31.9 Å². The summed E-state index contributed by atoms with van der Waals surface area (Å²) in [5.74, 6) is -0.209. The summed E-state index contributed by atoms with van der Waals surface area (Å²) in [5.41, 5.74) is 1.29. The fraction of sp³-hybridized carbons (Fsp3) is 0.286. The Morgan fingerprint density at radius 2 is 1.56 bits per heavy atom. The van der Waals surface area contributed by atoms with Gasteiger partial charge in [0, 0.05) is 28.4 Å². The van der Waals surface area contributed by atoms with Gasteiger partial charge in [-0.1, -0.05) is 71.2 Å². The van der Waals surface area contributed by atoms with Crippen LogP contribution in [0.2, 0.25) is 15.1 Å². The highest BCUT2D eigenvalue weighted by atomic mass is 35.5. The predicted molar refractivity (Wildman–Crippen MR) is 151 cm³/mol. The van der Waals surface area contributed by atoms with Crippen molar-refractivity contribution in [3.8, 4) is 0 Å². The largest absolute Gasteiger partial charge is 0.350 e. The highest BCUT2D eigenvalue weighted by Crippen LogP contribution is 2.26. The van der Waals surface area contributed by atoms with Crippen molar-refractivity contribution >= 4 is 58.4 Å². The van der Waals surface area contributed by atoms with E-state index in [1.807, 2.05) is 69.3 Å². The second-order valence-electron chi connectivity index (χ2n) is 9.46. The maximum Gasteiger partial charge on any atom is 0.243 e. The number of halogens is 3. The smallest absolute Gasteiger partial charge is 0.243 e. The molecule has 0 saturated heterocycles. The molecule has 36 heavy (non-hydrogen) atoms. The molecule has 0 aliphatic rings. The van der Waals surface area contributed by atoms with Crippen LogP contribution in [0.3, 0.4) is 0 Å². The molecule has 0 radical (unpaired) electrons. The number of nitrogens with one attached hydrogen (secondary N) is 1. The lowest BCUT2D eigenvalue weighted by atomic mass is 10.0. The van der Waals surface area contributed by atoms with Crippen LogP contribution in [-0.4, -0.2) is 34.0 Å². The number of rotatable bonds is 9. The van der Waals surface area contributed by atoms with Gasteiger partial charge in [-0.2, -0.15) is 0 Å². The van der Waals surface area contributed by atoms with Crippen molar-refractivity contribution in [2.75, 3.05) is 5.75 Å². The minimum Gasteiger partial charge on any atom is -0.350 e. The summed E-state index contributed by atoms with van der Waals surface area (Å²) in [4.78, 5) is 29.8. The Morgan fingerprint density at radius 3 is 2.17 bits per heavy atom. The third-order valence-electron chi connectivity index (χ3n) is 5.28. The van der Waals surface area contributed by atoms with Crippen molar-refractivity contribution in [3.63, 3.8) is 0 Å². The van der Waals surface area contributed by atoms with Crippen LogP contribution in [-0.2, 0) is 22.6 Å². The van der Waals surface area contributed by atoms with Gasteiger partial charge >= 0.3 is 0 Å². The predicted octanol–water partition coefficient (Wildman–Crippen LogP) is 7.29. The average Bonchev–Trinajstić information content (AvgIpc) is 2.82. The number of carbonyl (C=O) groups is 2. The summed E-state index contributed by atoms with van der Waals surface area (Å²) >= 11 is 19.8. The molecule has 0 aliphatic carbocycles. The standard InChI is InChI=1S/C28H29Cl3N2O2S/c1-28(2,3)32-27(35)25(16-19-7-5-4-6-8-19)33(17-20-9-14-23(30)24(31)15-20)26(34)18-36-22-12-10-21(29)11-13-22/h4-15,25H,16-18H2,1-3H3,(H,32,35)/t25-/m1/s1. The first-order chi connectivity index (χ1) is 17.0. The molecule has 2 amide bonds. The van der Waals surface area contributed by atoms with E-state index in [2.05, 4.69) is 5.32 Å². The van der Waals surface area contributed by atoms with Gasteiger partial charge in [-0.25, -0.2) is 0 Å². The Hall–Kier alpha value is -2.18. The molecular weight excluding hydrogens is 535 g/mol. The Kier molecular flexibility index (Phi) is 10.1. The van der Waals surface area contributed by atoms with Gasteiger partial charge in [0.2, 0.25) is 11.8 Å². The van der Waals surface area contributed by atoms with Gasteiger partial charge in [0.1, 0.15) is 6.04 Å². The molecule has 1 N–H and O–H groups in total. The van der Waals surface area contributed by atoms with Crippen LogP contribution in [0.15, 0.2) is 77.7 Å². The van der Waals surface area contributed by atoms with Crippen LogP contribution >= 0.6 is 46.6 Å². The Bertz CT molecular complexity index is 1180. The fourth-order valence-electron chi connectivity index (χ4n) is 3.60. The first kappa shape index (κ1) is 28.4. The first-order valence-electron chi connectivity index (χ1n) is 11.5. The molecule has 0 saturated carbocycles. The lowest BCUT2D eigenvalue weighted by molar-refractivity contribution is -0.140. The molecule has 0 aromatic heterocycles. The van der Waals surface area contributed by atoms with E-state index in [9.17, 15) is 9.59 Å². The van der Waals surface area contributed by atoms with E-state index >= 15 is 0 Å². The number of benzene rings is 3. The lowest BCUT2D eigenvalue weighted by Gasteiger charge is -2.34. The van der Waals surface area contributed by atoms with Crippen LogP contribution in [0.5, 0.6) is 0 Å². The highest BCUT2D eigenvalue weighted by Gasteiger charge is 2.32. The Balaban J connectivity index is 1.94. The summed E-state index contributed by atoms with van der Waals surface area (Å²) in [6.45, 7) is 5.98. The minimum absolute atomic E-state index is 0.161. The van der Waals surface area contributed by atoms with Crippen molar-refractivity contribution in [1.82, 2.24) is 10.2 Å². The zero-order valence-corrected chi connectivity index (χ0v) is 23.5. The summed E-state index contributed by atoms with van der Waals surface area (Å²) in [6.07, 6.45) is 0.376. The Morgan fingerprint density at radius 1 is 0.889 bits per heavy atom. The molecule has 0 aliphatic heterocycles. The molecule has 3 aromatic rings. The molecule has 0 bridgehead atoms. The summed E-state index contributed by atoms with van der Waals surface area (Å²) in [6, 6.07) is 21.6. The van der Waals surface area contributed by atoms with E-state index in [0.29, 0.717) is 21.5 Å². The van der Waals surface area contributed by atoms with Crippen LogP contribution in [0, 0.1) is 0 Å². The van der Waals surface area contributed by atoms with E-state index in [1.54, 1.807) is 29.2 Å². The van der Waals surface area contributed by atoms with E-state index in [-0.39, 0.29) is 24.1 Å². The maximum atomic E-state index is 13.7. The highest BCUT2D eigenvalue weighted by molar-refractivity contribution is 8.00. The molecular formula is C28H29Cl3N2O2S. The topological polar surface area (TPSA) is 49.4 Å². The third-order valence-corrected chi connectivity index (χ3v) is 7.27. The van der Waals surface area contributed by atoms with Crippen molar-refractivity contribution in [3.05, 3.63) is 99.0 Å². The van der Waals surface area contributed by atoms with E-state index in [4.69, 9.17) is 34.8 Å². The second kappa shape index (κ2) is 12.9. The quantitative estimate of drug-likeness (QED) is 0.278. The molecule has 8 heteroatoms.